The minimum absolute atomic E-state index is 0.0360. The molecule has 3 heteroatoms. The molecule has 4 aliphatic rings. The summed E-state index contributed by atoms with van der Waals surface area (Å²) in [5, 5.41) is 4.29. The summed E-state index contributed by atoms with van der Waals surface area (Å²) in [6.45, 7) is 4.36. The summed E-state index contributed by atoms with van der Waals surface area (Å²) in [7, 11) is 0. The van der Waals surface area contributed by atoms with Crippen LogP contribution in [0.15, 0.2) is 0 Å². The molecule has 20 heavy (non-hydrogen) atoms. The van der Waals surface area contributed by atoms with E-state index in [1.54, 1.807) is 0 Å². The number of hydrogen-bond acceptors (Lipinski definition) is 1. The third-order valence-electron chi connectivity index (χ3n) is 6.53. The Bertz CT molecular complexity index is 341. The van der Waals surface area contributed by atoms with E-state index < -0.39 is 0 Å². The number of nitrogens with one attached hydrogen (secondary N) is 1. The van der Waals surface area contributed by atoms with Crippen molar-refractivity contribution in [3.8, 4) is 0 Å². The quantitative estimate of drug-likeness (QED) is 0.748. The average molecular weight is 342 g/mol. The van der Waals surface area contributed by atoms with Gasteiger partial charge in [-0.2, -0.15) is 0 Å². The summed E-state index contributed by atoms with van der Waals surface area (Å²) in [4.78, 5) is 12.9. The maximum Gasteiger partial charge on any atom is 0.224 e. The Labute approximate surface area is 131 Å². The van der Waals surface area contributed by atoms with Gasteiger partial charge in [0.1, 0.15) is 0 Å². The van der Waals surface area contributed by atoms with Crippen molar-refractivity contribution in [2.45, 2.75) is 64.3 Å². The highest BCUT2D eigenvalue weighted by atomic mass is 79.9. The van der Waals surface area contributed by atoms with Gasteiger partial charge >= 0.3 is 0 Å². The number of rotatable bonds is 5. The Kier molecular flexibility index (Phi) is 4.18. The van der Waals surface area contributed by atoms with E-state index in [1.807, 2.05) is 0 Å². The van der Waals surface area contributed by atoms with Gasteiger partial charge in [0.25, 0.3) is 0 Å². The van der Waals surface area contributed by atoms with Crippen LogP contribution in [0.2, 0.25) is 0 Å². The Morgan fingerprint density at radius 2 is 1.55 bits per heavy atom. The molecule has 0 radical (unpaired) electrons. The maximum atomic E-state index is 12.9. The van der Waals surface area contributed by atoms with E-state index >= 15 is 0 Å². The van der Waals surface area contributed by atoms with E-state index in [1.165, 1.54) is 32.1 Å². The van der Waals surface area contributed by atoms with Gasteiger partial charge in [-0.15, -0.1) is 0 Å². The van der Waals surface area contributed by atoms with Gasteiger partial charge in [-0.3, -0.25) is 4.79 Å². The molecule has 1 N–H and O–H groups in total. The predicted octanol–water partition coefficient (Wildman–Crippen LogP) is 4.13. The fourth-order valence-corrected chi connectivity index (χ4v) is 6.28. The van der Waals surface area contributed by atoms with Crippen LogP contribution >= 0.6 is 15.9 Å². The summed E-state index contributed by atoms with van der Waals surface area (Å²) in [5.41, 5.74) is -0.0360. The molecule has 1 amide bonds. The first-order valence-electron chi connectivity index (χ1n) is 8.48. The third-order valence-corrected chi connectivity index (χ3v) is 7.60. The lowest BCUT2D eigenvalue weighted by molar-refractivity contribution is -0.140. The Morgan fingerprint density at radius 3 is 1.95 bits per heavy atom. The van der Waals surface area contributed by atoms with Crippen molar-refractivity contribution in [3.05, 3.63) is 0 Å². The van der Waals surface area contributed by atoms with Crippen molar-refractivity contribution >= 4 is 21.8 Å². The van der Waals surface area contributed by atoms with Crippen LogP contribution in [-0.4, -0.2) is 16.8 Å². The fraction of sp³-hybridized carbons (Fsp3) is 0.941. The molecular weight excluding hydrogens is 314 g/mol. The van der Waals surface area contributed by atoms with Gasteiger partial charge in [0, 0.05) is 16.8 Å². The molecule has 0 unspecified atom stereocenters. The van der Waals surface area contributed by atoms with Crippen molar-refractivity contribution in [3.63, 3.8) is 0 Å². The first-order valence-corrected chi connectivity index (χ1v) is 9.61. The van der Waals surface area contributed by atoms with Crippen LogP contribution in [0.25, 0.3) is 0 Å². The molecule has 0 heterocycles. The van der Waals surface area contributed by atoms with Crippen molar-refractivity contribution in [2.75, 3.05) is 5.33 Å². The number of alkyl halides is 1. The summed E-state index contributed by atoms with van der Waals surface area (Å²) in [6.07, 6.45) is 8.77. The summed E-state index contributed by atoms with van der Waals surface area (Å²) in [5.74, 6) is 3.95. The van der Waals surface area contributed by atoms with Crippen molar-refractivity contribution in [1.82, 2.24) is 5.32 Å². The lowest BCUT2D eigenvalue weighted by Crippen LogP contribution is -2.56. The molecule has 0 atom stereocenters. The lowest BCUT2D eigenvalue weighted by Gasteiger charge is -2.54. The molecule has 0 aromatic heterocycles. The zero-order chi connectivity index (χ0) is 14.3. The lowest BCUT2D eigenvalue weighted by atomic mass is 9.51. The summed E-state index contributed by atoms with van der Waals surface area (Å²) < 4.78 is 0. The van der Waals surface area contributed by atoms with Crippen LogP contribution in [0, 0.1) is 29.6 Å². The summed E-state index contributed by atoms with van der Waals surface area (Å²) >= 11 is 3.61. The van der Waals surface area contributed by atoms with Crippen LogP contribution in [0.1, 0.15) is 58.8 Å². The standard InChI is InChI=1S/C17H28BrNO/c1-3-17(4-2,10-18)19-16(20)15-13-6-11-5-12(8-13)9-14(15)7-11/h11-15H,3-10H2,1-2H3,(H,19,20). The Hall–Kier alpha value is -0.0500. The topological polar surface area (TPSA) is 29.1 Å². The van der Waals surface area contributed by atoms with E-state index in [4.69, 9.17) is 0 Å². The Morgan fingerprint density at radius 1 is 1.05 bits per heavy atom. The van der Waals surface area contributed by atoms with E-state index in [0.29, 0.717) is 23.7 Å². The highest BCUT2D eigenvalue weighted by molar-refractivity contribution is 9.09. The fourth-order valence-electron chi connectivity index (χ4n) is 5.35. The monoisotopic (exact) mass is 341 g/mol. The molecule has 4 bridgehead atoms. The number of halogens is 1. The van der Waals surface area contributed by atoms with Crippen LogP contribution in [0.3, 0.4) is 0 Å². The Balaban J connectivity index is 1.71. The minimum atomic E-state index is -0.0360. The van der Waals surface area contributed by atoms with Gasteiger partial charge in [0.2, 0.25) is 5.91 Å². The van der Waals surface area contributed by atoms with E-state index in [-0.39, 0.29) is 5.54 Å². The molecule has 2 nitrogen and oxygen atoms in total. The van der Waals surface area contributed by atoms with Crippen LogP contribution in [-0.2, 0) is 4.79 Å². The number of carbonyl (C=O) groups excluding carboxylic acids is 1. The second-order valence-corrected chi connectivity index (χ2v) is 8.13. The number of amides is 1. The molecule has 0 aliphatic heterocycles. The minimum Gasteiger partial charge on any atom is -0.350 e. The van der Waals surface area contributed by atoms with Gasteiger partial charge in [0.05, 0.1) is 0 Å². The normalized spacial score (nSPS) is 39.0. The first-order chi connectivity index (χ1) is 9.60. The second kappa shape index (κ2) is 5.62. The molecule has 0 aromatic rings. The third kappa shape index (κ3) is 2.44. The van der Waals surface area contributed by atoms with Crippen molar-refractivity contribution < 1.29 is 4.79 Å². The molecular formula is C17H28BrNO. The molecule has 4 fully saturated rings. The summed E-state index contributed by atoms with van der Waals surface area (Å²) in [6, 6.07) is 0. The SMILES string of the molecule is CCC(CC)(CBr)NC(=O)C1C2CC3CC(C2)CC1C3. The van der Waals surface area contributed by atoms with Crippen LogP contribution < -0.4 is 5.32 Å². The van der Waals surface area contributed by atoms with Crippen molar-refractivity contribution in [2.24, 2.45) is 29.6 Å². The van der Waals surface area contributed by atoms with E-state index in [9.17, 15) is 4.79 Å². The molecule has 4 saturated carbocycles. The van der Waals surface area contributed by atoms with Crippen LogP contribution in [0.4, 0.5) is 0 Å². The van der Waals surface area contributed by atoms with Gasteiger partial charge in [-0.25, -0.2) is 0 Å². The van der Waals surface area contributed by atoms with E-state index in [2.05, 4.69) is 35.1 Å². The molecule has 114 valence electrons. The van der Waals surface area contributed by atoms with Gasteiger partial charge in [-0.05, 0) is 68.6 Å². The predicted molar refractivity (Wildman–Crippen MR) is 85.8 cm³/mol. The molecule has 0 aromatic carbocycles. The molecule has 4 rings (SSSR count). The average Bonchev–Trinajstić information content (AvgIpc) is 2.44. The smallest absolute Gasteiger partial charge is 0.224 e. The second-order valence-electron chi connectivity index (χ2n) is 7.57. The van der Waals surface area contributed by atoms with E-state index in [0.717, 1.165) is 30.0 Å². The zero-order valence-corrected chi connectivity index (χ0v) is 14.4. The van der Waals surface area contributed by atoms with Gasteiger partial charge < -0.3 is 5.32 Å². The van der Waals surface area contributed by atoms with Gasteiger partial charge in [-0.1, -0.05) is 29.8 Å². The highest BCUT2D eigenvalue weighted by Crippen LogP contribution is 2.56. The highest BCUT2D eigenvalue weighted by Gasteiger charge is 2.51. The largest absolute Gasteiger partial charge is 0.350 e. The van der Waals surface area contributed by atoms with Crippen molar-refractivity contribution in [1.29, 1.82) is 0 Å². The first kappa shape index (κ1) is 14.9. The molecule has 0 spiro atoms. The number of carbonyl (C=O) groups is 1. The maximum absolute atomic E-state index is 12.9. The molecule has 0 saturated heterocycles. The van der Waals surface area contributed by atoms with Crippen LogP contribution in [0.5, 0.6) is 0 Å². The van der Waals surface area contributed by atoms with Gasteiger partial charge in [0.15, 0.2) is 0 Å². The number of hydrogen-bond donors (Lipinski definition) is 1. The molecule has 4 aliphatic carbocycles. The zero-order valence-electron chi connectivity index (χ0n) is 12.8.